The van der Waals surface area contributed by atoms with Crippen molar-refractivity contribution in [2.24, 2.45) is 0 Å². The van der Waals surface area contributed by atoms with Crippen LogP contribution in [0.3, 0.4) is 0 Å². The number of benzene rings is 1. The van der Waals surface area contributed by atoms with Crippen molar-refractivity contribution >= 4 is 17.2 Å². The van der Waals surface area contributed by atoms with Gasteiger partial charge in [-0.15, -0.1) is 11.3 Å². The van der Waals surface area contributed by atoms with E-state index in [9.17, 15) is 31.1 Å². The van der Waals surface area contributed by atoms with Gasteiger partial charge >= 0.3 is 12.4 Å². The first-order valence-electron chi connectivity index (χ1n) is 8.43. The lowest BCUT2D eigenvalue weighted by Crippen LogP contribution is -2.33. The highest BCUT2D eigenvalue weighted by atomic mass is 32.1. The molecular weight excluding hydrogens is 438 g/mol. The van der Waals surface area contributed by atoms with Gasteiger partial charge < -0.3 is 14.8 Å². The van der Waals surface area contributed by atoms with Crippen LogP contribution in [0.4, 0.5) is 26.3 Å². The number of nitrogens with one attached hydrogen (secondary N) is 1. The third-order valence-electron chi connectivity index (χ3n) is 3.37. The van der Waals surface area contributed by atoms with Crippen LogP contribution < -0.4 is 10.1 Å². The number of carbonyl (C=O) groups excluding carboxylic acids is 1. The number of amides is 1. The largest absolute Gasteiger partial charge is 0.487 e. The standard InChI is InChI=1S/C18H16F6N2O3S/c1-2-28-14(18(22,23)24)8-29-12-5-3-4-11(6-12)7-15-26-13(9-30-15)16(27)25-10-17(19,20)21/h3-6,8-9H,2,7,10H2,1H3,(H,25,27)/b14-8-. The van der Waals surface area contributed by atoms with E-state index in [1.807, 2.05) is 0 Å². The Hall–Kier alpha value is -2.76. The number of ether oxygens (including phenoxy) is 2. The number of hydrogen-bond acceptors (Lipinski definition) is 5. The Balaban J connectivity index is 2.04. The van der Waals surface area contributed by atoms with Crippen molar-refractivity contribution in [1.82, 2.24) is 10.3 Å². The molecule has 0 aliphatic heterocycles. The molecule has 2 aromatic rings. The molecule has 12 heteroatoms. The van der Waals surface area contributed by atoms with Crippen molar-refractivity contribution in [3.8, 4) is 5.75 Å². The Kier molecular flexibility index (Phi) is 7.71. The Morgan fingerprint density at radius 3 is 2.60 bits per heavy atom. The van der Waals surface area contributed by atoms with Gasteiger partial charge in [0.1, 0.15) is 24.3 Å². The van der Waals surface area contributed by atoms with E-state index in [4.69, 9.17) is 4.74 Å². The molecule has 0 unspecified atom stereocenters. The fourth-order valence-electron chi connectivity index (χ4n) is 2.13. The van der Waals surface area contributed by atoms with Crippen molar-refractivity contribution in [2.75, 3.05) is 13.2 Å². The zero-order chi connectivity index (χ0) is 22.4. The van der Waals surface area contributed by atoms with Gasteiger partial charge in [0.25, 0.3) is 5.91 Å². The Morgan fingerprint density at radius 1 is 1.23 bits per heavy atom. The maximum absolute atomic E-state index is 12.8. The molecular formula is C18H16F6N2O3S. The van der Waals surface area contributed by atoms with E-state index in [1.54, 1.807) is 17.4 Å². The number of aromatic nitrogens is 1. The fraction of sp³-hybridized carbons (Fsp3) is 0.333. The molecule has 1 aromatic carbocycles. The summed E-state index contributed by atoms with van der Waals surface area (Å²) < 4.78 is 84.4. The van der Waals surface area contributed by atoms with E-state index >= 15 is 0 Å². The van der Waals surface area contributed by atoms with E-state index < -0.39 is 30.6 Å². The molecule has 0 aliphatic carbocycles. The van der Waals surface area contributed by atoms with Crippen molar-refractivity contribution in [1.29, 1.82) is 0 Å². The monoisotopic (exact) mass is 454 g/mol. The molecule has 1 N–H and O–H groups in total. The minimum absolute atomic E-state index is 0.119. The van der Waals surface area contributed by atoms with Crippen LogP contribution in [0.25, 0.3) is 0 Å². The first-order chi connectivity index (χ1) is 14.0. The van der Waals surface area contributed by atoms with E-state index in [0.717, 1.165) is 11.3 Å². The zero-order valence-electron chi connectivity index (χ0n) is 15.4. The molecule has 0 bridgehead atoms. The minimum Gasteiger partial charge on any atom is -0.487 e. The van der Waals surface area contributed by atoms with Gasteiger partial charge in [0, 0.05) is 11.8 Å². The number of thiazole rings is 1. The quantitative estimate of drug-likeness (QED) is 0.458. The number of carbonyl (C=O) groups is 1. The maximum atomic E-state index is 12.8. The third kappa shape index (κ3) is 7.58. The van der Waals surface area contributed by atoms with E-state index in [1.165, 1.54) is 24.4 Å². The molecule has 0 radical (unpaired) electrons. The summed E-state index contributed by atoms with van der Waals surface area (Å²) in [6.07, 6.45) is -8.56. The molecule has 1 aromatic heterocycles. The molecule has 164 valence electrons. The summed E-state index contributed by atoms with van der Waals surface area (Å²) in [5, 5.41) is 3.48. The molecule has 0 saturated heterocycles. The van der Waals surface area contributed by atoms with Gasteiger partial charge in [-0.1, -0.05) is 12.1 Å². The smallest absolute Gasteiger partial charge is 0.452 e. The van der Waals surface area contributed by atoms with Gasteiger partial charge in [-0.2, -0.15) is 26.3 Å². The topological polar surface area (TPSA) is 60.5 Å². The van der Waals surface area contributed by atoms with Gasteiger partial charge in [0.05, 0.1) is 11.6 Å². The van der Waals surface area contributed by atoms with Crippen LogP contribution in [0.5, 0.6) is 5.75 Å². The highest BCUT2D eigenvalue weighted by Gasteiger charge is 2.36. The molecule has 0 atom stereocenters. The highest BCUT2D eigenvalue weighted by Crippen LogP contribution is 2.27. The molecule has 30 heavy (non-hydrogen) atoms. The summed E-state index contributed by atoms with van der Waals surface area (Å²) in [5.74, 6) is -2.11. The van der Waals surface area contributed by atoms with E-state index in [2.05, 4.69) is 9.72 Å². The van der Waals surface area contributed by atoms with Crippen molar-refractivity contribution in [3.63, 3.8) is 0 Å². The maximum Gasteiger partial charge on any atom is 0.452 e. The van der Waals surface area contributed by atoms with Crippen molar-refractivity contribution < 1.29 is 40.6 Å². The predicted octanol–water partition coefficient (Wildman–Crippen LogP) is 4.85. The van der Waals surface area contributed by atoms with Crippen molar-refractivity contribution in [3.05, 3.63) is 57.9 Å². The summed E-state index contributed by atoms with van der Waals surface area (Å²) in [5.41, 5.74) is 0.462. The van der Waals surface area contributed by atoms with Crippen LogP contribution in [-0.2, 0) is 11.2 Å². The Morgan fingerprint density at radius 2 is 1.97 bits per heavy atom. The number of halogens is 6. The molecule has 0 aliphatic rings. The molecule has 1 amide bonds. The summed E-state index contributed by atoms with van der Waals surface area (Å²) >= 11 is 1.07. The van der Waals surface area contributed by atoms with Gasteiger partial charge in [-0.3, -0.25) is 4.79 Å². The predicted molar refractivity (Wildman–Crippen MR) is 96.1 cm³/mol. The number of allylic oxidation sites excluding steroid dienone is 1. The second-order valence-corrected chi connectivity index (χ2v) is 6.72. The van der Waals surface area contributed by atoms with Crippen molar-refractivity contribution in [2.45, 2.75) is 25.7 Å². The summed E-state index contributed by atoms with van der Waals surface area (Å²) in [6.45, 7) is -0.239. The average molecular weight is 454 g/mol. The number of nitrogens with zero attached hydrogens (tertiary/aromatic N) is 1. The van der Waals surface area contributed by atoms with Crippen LogP contribution in [0.15, 0.2) is 41.7 Å². The molecule has 5 nitrogen and oxygen atoms in total. The Labute approximate surface area is 171 Å². The number of hydrogen-bond donors (Lipinski definition) is 1. The lowest BCUT2D eigenvalue weighted by molar-refractivity contribution is -0.132. The molecule has 0 saturated carbocycles. The van der Waals surface area contributed by atoms with E-state index in [-0.39, 0.29) is 24.5 Å². The molecule has 2 rings (SSSR count). The highest BCUT2D eigenvalue weighted by molar-refractivity contribution is 7.09. The van der Waals surface area contributed by atoms with Crippen LogP contribution in [0.1, 0.15) is 28.0 Å². The lowest BCUT2D eigenvalue weighted by atomic mass is 10.1. The van der Waals surface area contributed by atoms with Gasteiger partial charge in [-0.25, -0.2) is 4.98 Å². The first-order valence-corrected chi connectivity index (χ1v) is 9.31. The summed E-state index contributed by atoms with van der Waals surface area (Å²) in [6, 6.07) is 6.13. The first kappa shape index (κ1) is 23.5. The summed E-state index contributed by atoms with van der Waals surface area (Å²) in [7, 11) is 0. The molecule has 0 fully saturated rings. The molecule has 0 spiro atoms. The summed E-state index contributed by atoms with van der Waals surface area (Å²) in [4.78, 5) is 15.7. The SMILES string of the molecule is CCO/C(=C\Oc1cccc(Cc2nc(C(=O)NCC(F)(F)F)cs2)c1)C(F)(F)F. The molecule has 1 heterocycles. The van der Waals surface area contributed by atoms with Gasteiger partial charge in [-0.05, 0) is 24.6 Å². The van der Waals surface area contributed by atoms with Gasteiger partial charge in [0.2, 0.25) is 5.76 Å². The zero-order valence-corrected chi connectivity index (χ0v) is 16.2. The Bertz CT molecular complexity index is 893. The van der Waals surface area contributed by atoms with Gasteiger partial charge in [0.15, 0.2) is 0 Å². The third-order valence-corrected chi connectivity index (χ3v) is 4.22. The van der Waals surface area contributed by atoms with Crippen LogP contribution in [0.2, 0.25) is 0 Å². The second-order valence-electron chi connectivity index (χ2n) is 5.78. The average Bonchev–Trinajstić information content (AvgIpc) is 3.10. The van der Waals surface area contributed by atoms with Crippen LogP contribution in [0, 0.1) is 0 Å². The normalized spacial score (nSPS) is 12.6. The van der Waals surface area contributed by atoms with E-state index in [0.29, 0.717) is 16.8 Å². The number of rotatable bonds is 8. The minimum atomic E-state index is -4.70. The van der Waals surface area contributed by atoms with Crippen LogP contribution in [-0.4, -0.2) is 36.4 Å². The lowest BCUT2D eigenvalue weighted by Gasteiger charge is -2.12. The number of alkyl halides is 6. The second kappa shape index (κ2) is 9.83. The fourth-order valence-corrected chi connectivity index (χ4v) is 2.94. The van der Waals surface area contributed by atoms with Crippen LogP contribution >= 0.6 is 11.3 Å².